The number of aromatic nitrogens is 3. The van der Waals surface area contributed by atoms with Crippen LogP contribution in [-0.4, -0.2) is 32.6 Å². The van der Waals surface area contributed by atoms with Crippen molar-refractivity contribution >= 4 is 5.91 Å². The predicted molar refractivity (Wildman–Crippen MR) is 102 cm³/mol. The van der Waals surface area contributed by atoms with Crippen LogP contribution >= 0.6 is 0 Å². The molecule has 1 atom stereocenters. The number of carbonyl (C=O) groups excluding carboxylic acids is 1. The summed E-state index contributed by atoms with van der Waals surface area (Å²) in [5.41, 5.74) is 2.46. The maximum atomic E-state index is 13.1. The SMILES string of the molecule is CC(c1ccc(-n2cncn2)cc1)N(C)C(=O)C(C)(C)c1ccccc1. The minimum Gasteiger partial charge on any atom is -0.338 e. The zero-order chi connectivity index (χ0) is 18.7. The highest BCUT2D eigenvalue weighted by atomic mass is 16.2. The third-order valence-corrected chi connectivity index (χ3v) is 4.99. The molecule has 1 unspecified atom stereocenters. The molecule has 0 bridgehead atoms. The van der Waals surface area contributed by atoms with E-state index in [0.29, 0.717) is 0 Å². The zero-order valence-electron chi connectivity index (χ0n) is 15.6. The molecule has 0 fully saturated rings. The lowest BCUT2D eigenvalue weighted by Crippen LogP contribution is -2.42. The van der Waals surface area contributed by atoms with Crippen molar-refractivity contribution in [2.75, 3.05) is 7.05 Å². The smallest absolute Gasteiger partial charge is 0.232 e. The number of rotatable bonds is 5. The van der Waals surface area contributed by atoms with Gasteiger partial charge in [0.15, 0.2) is 0 Å². The van der Waals surface area contributed by atoms with Gasteiger partial charge in [0.1, 0.15) is 12.7 Å². The topological polar surface area (TPSA) is 51.0 Å². The van der Waals surface area contributed by atoms with Gasteiger partial charge in [-0.3, -0.25) is 4.79 Å². The predicted octanol–water partition coefficient (Wildman–Crippen LogP) is 3.76. The standard InChI is InChI=1S/C21H24N4O/c1-16(17-10-12-19(13-11-17)25-15-22-14-23-25)24(4)20(26)21(2,3)18-8-6-5-7-9-18/h5-16H,1-4H3. The summed E-state index contributed by atoms with van der Waals surface area (Å²) >= 11 is 0. The highest BCUT2D eigenvalue weighted by Crippen LogP contribution is 2.29. The van der Waals surface area contributed by atoms with Gasteiger partial charge in [-0.15, -0.1) is 0 Å². The Balaban J connectivity index is 1.78. The molecule has 0 saturated carbocycles. The van der Waals surface area contributed by atoms with Crippen LogP contribution in [0.15, 0.2) is 67.3 Å². The molecule has 134 valence electrons. The van der Waals surface area contributed by atoms with Crippen LogP contribution in [0.25, 0.3) is 5.69 Å². The summed E-state index contributed by atoms with van der Waals surface area (Å²) in [6.07, 6.45) is 3.17. The molecule has 0 aliphatic carbocycles. The van der Waals surface area contributed by atoms with Crippen LogP contribution in [0.1, 0.15) is 37.9 Å². The molecule has 0 radical (unpaired) electrons. The quantitative estimate of drug-likeness (QED) is 0.705. The molecule has 5 nitrogen and oxygen atoms in total. The van der Waals surface area contributed by atoms with E-state index in [1.165, 1.54) is 6.33 Å². The van der Waals surface area contributed by atoms with Gasteiger partial charge in [0.2, 0.25) is 5.91 Å². The van der Waals surface area contributed by atoms with Gasteiger partial charge in [-0.25, -0.2) is 9.67 Å². The van der Waals surface area contributed by atoms with Crippen molar-refractivity contribution in [3.8, 4) is 5.69 Å². The van der Waals surface area contributed by atoms with Crippen molar-refractivity contribution < 1.29 is 4.79 Å². The summed E-state index contributed by atoms with van der Waals surface area (Å²) in [7, 11) is 1.86. The molecule has 1 heterocycles. The molecule has 1 aromatic heterocycles. The lowest BCUT2D eigenvalue weighted by Gasteiger charge is -2.34. The number of hydrogen-bond acceptors (Lipinski definition) is 3. The van der Waals surface area contributed by atoms with Crippen LogP contribution in [0.2, 0.25) is 0 Å². The van der Waals surface area contributed by atoms with Crippen molar-refractivity contribution in [1.82, 2.24) is 19.7 Å². The average Bonchev–Trinajstić information content (AvgIpc) is 3.22. The van der Waals surface area contributed by atoms with E-state index in [2.05, 4.69) is 10.1 Å². The molecule has 0 spiro atoms. The number of likely N-dealkylation sites (N-methyl/N-ethyl adjacent to an activating group) is 1. The first-order valence-electron chi connectivity index (χ1n) is 8.69. The fourth-order valence-electron chi connectivity index (χ4n) is 3.07. The van der Waals surface area contributed by atoms with E-state index in [1.807, 2.05) is 87.3 Å². The van der Waals surface area contributed by atoms with Crippen LogP contribution in [-0.2, 0) is 10.2 Å². The van der Waals surface area contributed by atoms with Gasteiger partial charge in [0, 0.05) is 7.05 Å². The molecule has 0 aliphatic rings. The number of amides is 1. The first kappa shape index (κ1) is 17.9. The number of carbonyl (C=O) groups is 1. The van der Waals surface area contributed by atoms with E-state index < -0.39 is 5.41 Å². The number of nitrogens with zero attached hydrogens (tertiary/aromatic N) is 4. The van der Waals surface area contributed by atoms with Gasteiger partial charge in [-0.2, -0.15) is 5.10 Å². The summed E-state index contributed by atoms with van der Waals surface area (Å²) in [4.78, 5) is 18.9. The first-order chi connectivity index (χ1) is 12.4. The van der Waals surface area contributed by atoms with Crippen molar-refractivity contribution in [1.29, 1.82) is 0 Å². The van der Waals surface area contributed by atoms with Crippen LogP contribution in [0.3, 0.4) is 0 Å². The Labute approximate surface area is 154 Å². The van der Waals surface area contributed by atoms with Crippen molar-refractivity contribution in [2.24, 2.45) is 0 Å². The van der Waals surface area contributed by atoms with Crippen molar-refractivity contribution in [2.45, 2.75) is 32.2 Å². The minimum absolute atomic E-state index is 0.0321. The Morgan fingerprint density at radius 3 is 2.31 bits per heavy atom. The molecule has 0 aliphatic heterocycles. The lowest BCUT2D eigenvalue weighted by atomic mass is 9.83. The number of benzene rings is 2. The van der Waals surface area contributed by atoms with Gasteiger partial charge in [0.05, 0.1) is 17.1 Å². The van der Waals surface area contributed by atoms with E-state index in [1.54, 1.807) is 11.0 Å². The Morgan fingerprint density at radius 1 is 1.08 bits per heavy atom. The second-order valence-corrected chi connectivity index (χ2v) is 7.01. The Morgan fingerprint density at radius 2 is 1.73 bits per heavy atom. The molecular weight excluding hydrogens is 324 g/mol. The highest BCUT2D eigenvalue weighted by Gasteiger charge is 2.34. The maximum Gasteiger partial charge on any atom is 0.232 e. The van der Waals surface area contributed by atoms with Crippen LogP contribution < -0.4 is 0 Å². The molecule has 5 heteroatoms. The zero-order valence-corrected chi connectivity index (χ0v) is 15.6. The van der Waals surface area contributed by atoms with Gasteiger partial charge >= 0.3 is 0 Å². The molecular formula is C21H24N4O. The largest absolute Gasteiger partial charge is 0.338 e. The van der Waals surface area contributed by atoms with Gasteiger partial charge < -0.3 is 4.90 Å². The Hall–Kier alpha value is -2.95. The maximum absolute atomic E-state index is 13.1. The summed E-state index contributed by atoms with van der Waals surface area (Å²) in [6, 6.07) is 17.9. The third kappa shape index (κ3) is 3.38. The molecule has 2 aromatic carbocycles. The van der Waals surface area contributed by atoms with E-state index >= 15 is 0 Å². The summed E-state index contributed by atoms with van der Waals surface area (Å²) in [6.45, 7) is 5.99. The van der Waals surface area contributed by atoms with Crippen molar-refractivity contribution in [3.05, 3.63) is 78.4 Å². The lowest BCUT2D eigenvalue weighted by molar-refractivity contribution is -0.136. The van der Waals surface area contributed by atoms with Crippen LogP contribution in [0.4, 0.5) is 0 Å². The average molecular weight is 348 g/mol. The van der Waals surface area contributed by atoms with E-state index in [-0.39, 0.29) is 11.9 Å². The van der Waals surface area contributed by atoms with E-state index in [4.69, 9.17) is 0 Å². The third-order valence-electron chi connectivity index (χ3n) is 4.99. The van der Waals surface area contributed by atoms with E-state index in [0.717, 1.165) is 16.8 Å². The first-order valence-corrected chi connectivity index (χ1v) is 8.69. The Bertz CT molecular complexity index is 855. The molecule has 26 heavy (non-hydrogen) atoms. The summed E-state index contributed by atoms with van der Waals surface area (Å²) < 4.78 is 1.71. The molecule has 1 amide bonds. The van der Waals surface area contributed by atoms with Gasteiger partial charge in [0.25, 0.3) is 0 Å². The van der Waals surface area contributed by atoms with Crippen molar-refractivity contribution in [3.63, 3.8) is 0 Å². The molecule has 3 rings (SSSR count). The monoisotopic (exact) mass is 348 g/mol. The Kier molecular flexibility index (Phi) is 4.89. The summed E-state index contributed by atoms with van der Waals surface area (Å²) in [5, 5.41) is 4.13. The van der Waals surface area contributed by atoms with E-state index in [9.17, 15) is 4.79 Å². The fraction of sp³-hybridized carbons (Fsp3) is 0.286. The van der Waals surface area contributed by atoms with Gasteiger partial charge in [-0.05, 0) is 44.0 Å². The highest BCUT2D eigenvalue weighted by molar-refractivity contribution is 5.87. The minimum atomic E-state index is -0.578. The molecule has 0 N–H and O–H groups in total. The number of hydrogen-bond donors (Lipinski definition) is 0. The van der Waals surface area contributed by atoms with Crippen LogP contribution in [0, 0.1) is 0 Å². The van der Waals surface area contributed by atoms with Crippen LogP contribution in [0.5, 0.6) is 0 Å². The van der Waals surface area contributed by atoms with Gasteiger partial charge in [-0.1, -0.05) is 42.5 Å². The fourth-order valence-corrected chi connectivity index (χ4v) is 3.07. The normalized spacial score (nSPS) is 12.6. The molecule has 0 saturated heterocycles. The second-order valence-electron chi connectivity index (χ2n) is 7.01. The second kappa shape index (κ2) is 7.12. The molecule has 3 aromatic rings. The summed E-state index contributed by atoms with van der Waals surface area (Å²) in [5.74, 6) is 0.0940.